The summed E-state index contributed by atoms with van der Waals surface area (Å²) in [5.74, 6) is 0.358. The third-order valence-corrected chi connectivity index (χ3v) is 6.40. The second-order valence-corrected chi connectivity index (χ2v) is 9.14. The summed E-state index contributed by atoms with van der Waals surface area (Å²) in [4.78, 5) is 23.3. The number of rotatable bonds is 7. The lowest BCUT2D eigenvalue weighted by molar-refractivity contribution is 0.373. The van der Waals surface area contributed by atoms with Crippen LogP contribution in [0.25, 0.3) is 5.69 Å². The van der Waals surface area contributed by atoms with Crippen LogP contribution in [-0.4, -0.2) is 33.9 Å². The zero-order valence-electron chi connectivity index (χ0n) is 21.3. The van der Waals surface area contributed by atoms with Crippen molar-refractivity contribution in [3.63, 3.8) is 0 Å². The number of halogens is 1. The van der Waals surface area contributed by atoms with Crippen molar-refractivity contribution in [1.82, 2.24) is 9.78 Å². The topological polar surface area (TPSA) is 92.0 Å². The van der Waals surface area contributed by atoms with Gasteiger partial charge in [-0.15, -0.1) is 0 Å². The number of aliphatic imine (C=N–C) groups is 2. The van der Waals surface area contributed by atoms with E-state index in [4.69, 9.17) is 21.3 Å². The van der Waals surface area contributed by atoms with Crippen LogP contribution in [-0.2, 0) is 0 Å². The van der Waals surface area contributed by atoms with Gasteiger partial charge in [-0.3, -0.25) is 14.9 Å². The first kappa shape index (κ1) is 25.8. The van der Waals surface area contributed by atoms with E-state index in [0.717, 1.165) is 5.56 Å². The number of methoxy groups -OCH3 is 1. The van der Waals surface area contributed by atoms with E-state index in [1.165, 1.54) is 11.8 Å². The molecule has 0 aliphatic heterocycles. The van der Waals surface area contributed by atoms with Gasteiger partial charge in [0.05, 0.1) is 35.4 Å². The van der Waals surface area contributed by atoms with Gasteiger partial charge in [-0.1, -0.05) is 60.1 Å². The molecule has 1 aromatic heterocycles. The summed E-state index contributed by atoms with van der Waals surface area (Å²) in [6.45, 7) is 1.84. The first-order valence-corrected chi connectivity index (χ1v) is 12.5. The van der Waals surface area contributed by atoms with Crippen molar-refractivity contribution in [2.24, 2.45) is 9.98 Å². The van der Waals surface area contributed by atoms with Gasteiger partial charge in [0.1, 0.15) is 0 Å². The van der Waals surface area contributed by atoms with Crippen LogP contribution in [0, 0.1) is 6.92 Å². The van der Waals surface area contributed by atoms with E-state index < -0.39 is 0 Å². The fraction of sp³-hybridized carbons (Fsp3) is 0.0645. The number of benzene rings is 4. The number of phenolic OH excluding ortho intramolecular Hbond substituents is 1. The quantitative estimate of drug-likeness (QED) is 0.225. The molecule has 2 N–H and O–H groups in total. The van der Waals surface area contributed by atoms with Crippen molar-refractivity contribution >= 4 is 34.9 Å². The number of hydrogen-bond acceptors (Lipinski definition) is 5. The minimum absolute atomic E-state index is 0.000375. The average molecular weight is 537 g/mol. The minimum atomic E-state index is -0.236. The van der Waals surface area contributed by atoms with Crippen LogP contribution in [0.3, 0.4) is 0 Å². The Balaban J connectivity index is 1.64. The Morgan fingerprint density at radius 2 is 1.62 bits per heavy atom. The maximum atomic E-state index is 13.7. The summed E-state index contributed by atoms with van der Waals surface area (Å²) in [6, 6.07) is 29.1. The summed E-state index contributed by atoms with van der Waals surface area (Å²) in [7, 11) is 1.50. The fourth-order valence-electron chi connectivity index (χ4n) is 4.19. The largest absolute Gasteiger partial charge is 0.504 e. The number of aryl methyl sites for hydroxylation is 1. The molecule has 0 atom stereocenters. The third-order valence-electron chi connectivity index (χ3n) is 6.15. The van der Waals surface area contributed by atoms with Gasteiger partial charge in [0.25, 0.3) is 5.56 Å². The summed E-state index contributed by atoms with van der Waals surface area (Å²) < 4.78 is 6.68. The molecule has 1 heterocycles. The van der Waals surface area contributed by atoms with Crippen LogP contribution in [0.4, 0.5) is 11.4 Å². The lowest BCUT2D eigenvalue weighted by Gasteiger charge is -2.08. The molecule has 0 spiro atoms. The van der Waals surface area contributed by atoms with Crippen LogP contribution in [0.2, 0.25) is 5.02 Å². The second kappa shape index (κ2) is 11.2. The second-order valence-electron chi connectivity index (χ2n) is 8.70. The van der Waals surface area contributed by atoms with Crippen molar-refractivity contribution in [3.8, 4) is 17.2 Å². The highest BCUT2D eigenvalue weighted by Gasteiger charge is 2.20. The predicted octanol–water partition coefficient (Wildman–Crippen LogP) is 6.76. The number of ether oxygens (including phenoxy) is 1. The number of hydrogen-bond donors (Lipinski definition) is 2. The van der Waals surface area contributed by atoms with Gasteiger partial charge in [-0.25, -0.2) is 9.67 Å². The van der Waals surface area contributed by atoms with Crippen LogP contribution in [0.15, 0.2) is 112 Å². The van der Waals surface area contributed by atoms with Crippen molar-refractivity contribution in [2.45, 2.75) is 6.92 Å². The van der Waals surface area contributed by atoms with Gasteiger partial charge < -0.3 is 9.84 Å². The highest BCUT2D eigenvalue weighted by molar-refractivity contribution is 6.30. The molecule has 0 aliphatic carbocycles. The highest BCUT2D eigenvalue weighted by atomic mass is 35.5. The summed E-state index contributed by atoms with van der Waals surface area (Å²) in [5.41, 5.74) is 4.46. The number of nitrogens with zero attached hydrogens (tertiary/aromatic N) is 3. The Morgan fingerprint density at radius 1 is 0.923 bits per heavy atom. The molecule has 0 aliphatic rings. The molecule has 0 fully saturated rings. The van der Waals surface area contributed by atoms with Crippen LogP contribution >= 0.6 is 11.6 Å². The molecule has 0 saturated heterocycles. The highest BCUT2D eigenvalue weighted by Crippen LogP contribution is 2.32. The van der Waals surface area contributed by atoms with Crippen molar-refractivity contribution < 1.29 is 9.84 Å². The van der Waals surface area contributed by atoms with Gasteiger partial charge in [-0.2, -0.15) is 0 Å². The summed E-state index contributed by atoms with van der Waals surface area (Å²) in [6.07, 6.45) is 1.56. The molecular weight excluding hydrogens is 512 g/mol. The number of aromatic nitrogens is 2. The molecule has 8 heteroatoms. The Labute approximate surface area is 230 Å². The van der Waals surface area contributed by atoms with Gasteiger partial charge in [0.2, 0.25) is 0 Å². The Kier molecular flexibility index (Phi) is 7.43. The van der Waals surface area contributed by atoms with E-state index in [2.05, 4.69) is 10.1 Å². The SMILES string of the molecule is COc1cccc(C=Nc2ccccc2N=C(c2ccccc2)c2c(C)[nH]n(-c3ccc(Cl)cc3)c2=O)c1O. The van der Waals surface area contributed by atoms with Gasteiger partial charge in [0, 0.05) is 28.1 Å². The van der Waals surface area contributed by atoms with Crippen LogP contribution in [0.1, 0.15) is 22.4 Å². The number of aromatic amines is 1. The number of H-pyrrole nitrogens is 1. The summed E-state index contributed by atoms with van der Waals surface area (Å²) in [5, 5.41) is 14.2. The number of aromatic hydroxyl groups is 1. The van der Waals surface area contributed by atoms with E-state index in [0.29, 0.717) is 50.4 Å². The maximum Gasteiger partial charge on any atom is 0.280 e. The normalized spacial score (nSPS) is 11.7. The number of nitrogens with one attached hydrogen (secondary N) is 1. The van der Waals surface area contributed by atoms with E-state index in [1.807, 2.05) is 61.5 Å². The first-order valence-electron chi connectivity index (χ1n) is 12.2. The molecular formula is C31H25ClN4O3. The molecule has 0 bridgehead atoms. The summed E-state index contributed by atoms with van der Waals surface area (Å²) >= 11 is 6.05. The number of phenols is 1. The molecule has 0 saturated carbocycles. The Bertz CT molecular complexity index is 1740. The van der Waals surface area contributed by atoms with E-state index in [1.54, 1.807) is 48.7 Å². The average Bonchev–Trinajstić information content (AvgIpc) is 3.25. The standard InChI is InChI=1S/C31H25ClN4O3/c1-20-28(31(38)36(35-20)24-17-15-23(32)16-18-24)29(21-9-4-3-5-10-21)34-26-13-7-6-12-25(26)33-19-22-11-8-14-27(39-2)30(22)37/h3-19,35,37H,1-2H3. The molecule has 4 aromatic carbocycles. The van der Waals surface area contributed by atoms with E-state index in [-0.39, 0.29) is 11.3 Å². The molecule has 194 valence electrons. The van der Waals surface area contributed by atoms with Gasteiger partial charge in [-0.05, 0) is 55.5 Å². The zero-order chi connectivity index (χ0) is 27.4. The first-order chi connectivity index (χ1) is 19.0. The lowest BCUT2D eigenvalue weighted by atomic mass is 10.0. The smallest absolute Gasteiger partial charge is 0.280 e. The third kappa shape index (κ3) is 5.39. The zero-order valence-corrected chi connectivity index (χ0v) is 22.1. The molecule has 0 unspecified atom stereocenters. The molecule has 0 radical (unpaired) electrons. The van der Waals surface area contributed by atoms with Crippen LogP contribution < -0.4 is 10.3 Å². The molecule has 39 heavy (non-hydrogen) atoms. The lowest BCUT2D eigenvalue weighted by Crippen LogP contribution is -2.21. The fourth-order valence-corrected chi connectivity index (χ4v) is 4.32. The monoisotopic (exact) mass is 536 g/mol. The van der Waals surface area contributed by atoms with Gasteiger partial charge >= 0.3 is 0 Å². The van der Waals surface area contributed by atoms with Crippen molar-refractivity contribution in [1.29, 1.82) is 0 Å². The van der Waals surface area contributed by atoms with Crippen LogP contribution in [0.5, 0.6) is 11.5 Å². The number of para-hydroxylation sites is 3. The predicted molar refractivity (Wildman–Crippen MR) is 156 cm³/mol. The van der Waals surface area contributed by atoms with Gasteiger partial charge in [0.15, 0.2) is 11.5 Å². The Morgan fingerprint density at radius 3 is 2.33 bits per heavy atom. The molecule has 7 nitrogen and oxygen atoms in total. The van der Waals surface area contributed by atoms with E-state index >= 15 is 0 Å². The molecule has 5 aromatic rings. The van der Waals surface area contributed by atoms with E-state index in [9.17, 15) is 9.90 Å². The molecule has 0 amide bonds. The van der Waals surface area contributed by atoms with Crippen molar-refractivity contribution in [3.05, 3.63) is 135 Å². The molecule has 5 rings (SSSR count). The van der Waals surface area contributed by atoms with Crippen molar-refractivity contribution in [2.75, 3.05) is 7.11 Å². The maximum absolute atomic E-state index is 13.7. The minimum Gasteiger partial charge on any atom is -0.504 e. The Hall–Kier alpha value is -4.88.